The fourth-order valence-electron chi connectivity index (χ4n) is 2.30. The Kier molecular flexibility index (Phi) is 6.86. The third kappa shape index (κ3) is 4.60. The highest BCUT2D eigenvalue weighted by atomic mass is 32.2. The molecule has 0 saturated carbocycles. The van der Waals surface area contributed by atoms with E-state index in [2.05, 4.69) is 6.07 Å². The smallest absolute Gasteiger partial charge is 0.255 e. The number of nitrogens with zero attached hydrogens (tertiary/aromatic N) is 2. The van der Waals surface area contributed by atoms with Crippen molar-refractivity contribution >= 4 is 17.7 Å². The zero-order chi connectivity index (χ0) is 17.4. The van der Waals surface area contributed by atoms with Crippen LogP contribution >= 0.6 is 11.8 Å². The van der Waals surface area contributed by atoms with E-state index in [0.717, 1.165) is 16.2 Å². The summed E-state index contributed by atoms with van der Waals surface area (Å²) in [6.07, 6.45) is 0. The minimum absolute atomic E-state index is 0.0415. The molecule has 24 heavy (non-hydrogen) atoms. The maximum atomic E-state index is 12.6. The number of hydrogen-bond donors (Lipinski definition) is 1. The minimum atomic E-state index is -0.0607. The largest absolute Gasteiger partial charge is 0.395 e. The first kappa shape index (κ1) is 18.1. The molecule has 0 aliphatic rings. The van der Waals surface area contributed by atoms with Crippen molar-refractivity contribution in [2.24, 2.45) is 0 Å². The number of hydrogen-bond acceptors (Lipinski definition) is 4. The maximum Gasteiger partial charge on any atom is 0.255 e. The molecule has 2 aromatic carbocycles. The van der Waals surface area contributed by atoms with Gasteiger partial charge in [0.1, 0.15) is 0 Å². The summed E-state index contributed by atoms with van der Waals surface area (Å²) in [6.45, 7) is 2.76. The van der Waals surface area contributed by atoms with E-state index in [9.17, 15) is 4.79 Å². The third-order valence-corrected chi connectivity index (χ3v) is 4.78. The van der Waals surface area contributed by atoms with Crippen molar-refractivity contribution < 1.29 is 9.90 Å². The molecule has 0 spiro atoms. The van der Waals surface area contributed by atoms with Crippen LogP contribution in [0.15, 0.2) is 53.4 Å². The molecule has 2 rings (SSSR count). The molecule has 2 aromatic rings. The molecular weight excluding hydrogens is 320 g/mol. The van der Waals surface area contributed by atoms with Crippen LogP contribution in [-0.2, 0) is 5.75 Å². The lowest BCUT2D eigenvalue weighted by atomic mass is 10.2. The van der Waals surface area contributed by atoms with E-state index in [0.29, 0.717) is 24.2 Å². The van der Waals surface area contributed by atoms with E-state index < -0.39 is 0 Å². The Morgan fingerprint density at radius 1 is 1.21 bits per heavy atom. The normalized spacial score (nSPS) is 10.2. The van der Waals surface area contributed by atoms with Gasteiger partial charge in [-0.15, -0.1) is 11.8 Å². The van der Waals surface area contributed by atoms with E-state index in [-0.39, 0.29) is 12.5 Å². The van der Waals surface area contributed by atoms with Crippen LogP contribution < -0.4 is 0 Å². The molecular formula is C19H20N2O2S. The zero-order valence-corrected chi connectivity index (χ0v) is 14.4. The van der Waals surface area contributed by atoms with Gasteiger partial charge in [0.2, 0.25) is 0 Å². The number of benzene rings is 2. The van der Waals surface area contributed by atoms with E-state index in [4.69, 9.17) is 10.4 Å². The van der Waals surface area contributed by atoms with Gasteiger partial charge in [-0.2, -0.15) is 5.26 Å². The molecule has 0 heterocycles. The molecule has 0 radical (unpaired) electrons. The summed E-state index contributed by atoms with van der Waals surface area (Å²) in [6, 6.07) is 17.1. The molecule has 0 bridgehead atoms. The minimum Gasteiger partial charge on any atom is -0.395 e. The monoisotopic (exact) mass is 340 g/mol. The number of rotatable bonds is 7. The Labute approximate surface area is 146 Å². The molecule has 1 N–H and O–H groups in total. The second-order valence-electron chi connectivity index (χ2n) is 5.20. The number of likely N-dealkylation sites (N-methyl/N-ethyl adjacent to an activating group) is 1. The number of amides is 1. The van der Waals surface area contributed by atoms with Crippen molar-refractivity contribution in [2.75, 3.05) is 19.7 Å². The average molecular weight is 340 g/mol. The predicted octanol–water partition coefficient (Wildman–Crippen LogP) is 3.30. The molecule has 0 saturated heterocycles. The van der Waals surface area contributed by atoms with Gasteiger partial charge in [0.15, 0.2) is 0 Å². The summed E-state index contributed by atoms with van der Waals surface area (Å²) in [5.74, 6) is 0.664. The number of aliphatic hydroxyl groups excluding tert-OH is 1. The molecule has 124 valence electrons. The van der Waals surface area contributed by atoms with Gasteiger partial charge in [-0.05, 0) is 36.8 Å². The van der Waals surface area contributed by atoms with Crippen LogP contribution in [0.4, 0.5) is 0 Å². The fourth-order valence-corrected chi connectivity index (χ4v) is 3.30. The van der Waals surface area contributed by atoms with Gasteiger partial charge in [0, 0.05) is 23.7 Å². The molecule has 4 nitrogen and oxygen atoms in total. The first-order valence-corrected chi connectivity index (χ1v) is 8.79. The predicted molar refractivity (Wildman–Crippen MR) is 95.8 cm³/mol. The van der Waals surface area contributed by atoms with Crippen molar-refractivity contribution in [1.82, 2.24) is 4.90 Å². The van der Waals surface area contributed by atoms with Crippen molar-refractivity contribution in [3.05, 3.63) is 65.2 Å². The van der Waals surface area contributed by atoms with E-state index >= 15 is 0 Å². The van der Waals surface area contributed by atoms with Crippen LogP contribution in [-0.4, -0.2) is 35.6 Å². The molecule has 1 amide bonds. The Morgan fingerprint density at radius 3 is 2.54 bits per heavy atom. The van der Waals surface area contributed by atoms with Gasteiger partial charge >= 0.3 is 0 Å². The summed E-state index contributed by atoms with van der Waals surface area (Å²) in [4.78, 5) is 15.2. The highest BCUT2D eigenvalue weighted by molar-refractivity contribution is 7.98. The van der Waals surface area contributed by atoms with Crippen molar-refractivity contribution in [1.29, 1.82) is 5.26 Å². The molecule has 0 aliphatic heterocycles. The standard InChI is InChI=1S/C19H20N2O2S/c1-2-21(11-12-22)19(23)17-5-3-4-6-18(17)24-14-16-9-7-15(13-20)8-10-16/h3-10,22H,2,11-12,14H2,1H3. The molecule has 0 aromatic heterocycles. The number of nitriles is 1. The Morgan fingerprint density at radius 2 is 1.92 bits per heavy atom. The molecule has 0 atom stereocenters. The van der Waals surface area contributed by atoms with Crippen LogP contribution in [0.5, 0.6) is 0 Å². The Bertz CT molecular complexity index is 723. The number of thioether (sulfide) groups is 1. The van der Waals surface area contributed by atoms with Crippen molar-refractivity contribution in [3.8, 4) is 6.07 Å². The van der Waals surface area contributed by atoms with Gasteiger partial charge in [0.05, 0.1) is 23.8 Å². The topological polar surface area (TPSA) is 64.3 Å². The van der Waals surface area contributed by atoms with E-state index in [1.807, 2.05) is 43.3 Å². The lowest BCUT2D eigenvalue weighted by molar-refractivity contribution is 0.0728. The van der Waals surface area contributed by atoms with Crippen LogP contribution in [0.3, 0.4) is 0 Å². The summed E-state index contributed by atoms with van der Waals surface area (Å²) in [5, 5.41) is 17.9. The fraction of sp³-hybridized carbons (Fsp3) is 0.263. The van der Waals surface area contributed by atoms with Gasteiger partial charge in [-0.3, -0.25) is 4.79 Å². The van der Waals surface area contributed by atoms with Gasteiger partial charge in [-0.25, -0.2) is 0 Å². The van der Waals surface area contributed by atoms with E-state index in [1.54, 1.807) is 28.8 Å². The Hall–Kier alpha value is -2.29. The second kappa shape index (κ2) is 9.11. The average Bonchev–Trinajstić information content (AvgIpc) is 2.64. The van der Waals surface area contributed by atoms with Crippen molar-refractivity contribution in [2.45, 2.75) is 17.6 Å². The molecule has 5 heteroatoms. The lowest BCUT2D eigenvalue weighted by Gasteiger charge is -2.21. The third-order valence-electron chi connectivity index (χ3n) is 3.63. The molecule has 0 aliphatic carbocycles. The summed E-state index contributed by atoms with van der Waals surface area (Å²) >= 11 is 1.60. The van der Waals surface area contributed by atoms with Gasteiger partial charge in [-0.1, -0.05) is 24.3 Å². The van der Waals surface area contributed by atoms with Gasteiger partial charge < -0.3 is 10.0 Å². The molecule has 0 unspecified atom stereocenters. The summed E-state index contributed by atoms with van der Waals surface area (Å²) < 4.78 is 0. The second-order valence-corrected chi connectivity index (χ2v) is 6.22. The number of aliphatic hydroxyl groups is 1. The van der Waals surface area contributed by atoms with Crippen molar-refractivity contribution in [3.63, 3.8) is 0 Å². The zero-order valence-electron chi connectivity index (χ0n) is 13.6. The SMILES string of the molecule is CCN(CCO)C(=O)c1ccccc1SCc1ccc(C#N)cc1. The van der Waals surface area contributed by atoms with Gasteiger partial charge in [0.25, 0.3) is 5.91 Å². The first-order chi connectivity index (χ1) is 11.7. The van der Waals surface area contributed by atoms with Crippen LogP contribution in [0, 0.1) is 11.3 Å². The van der Waals surface area contributed by atoms with Crippen LogP contribution in [0.25, 0.3) is 0 Å². The number of carbonyl (C=O) groups is 1. The first-order valence-electron chi connectivity index (χ1n) is 7.80. The van der Waals surface area contributed by atoms with Crippen LogP contribution in [0.2, 0.25) is 0 Å². The summed E-state index contributed by atoms with van der Waals surface area (Å²) in [7, 11) is 0. The maximum absolute atomic E-state index is 12.6. The number of carbonyl (C=O) groups excluding carboxylic acids is 1. The lowest BCUT2D eigenvalue weighted by Crippen LogP contribution is -2.33. The highest BCUT2D eigenvalue weighted by Gasteiger charge is 2.17. The summed E-state index contributed by atoms with van der Waals surface area (Å²) in [5.41, 5.74) is 2.40. The Balaban J connectivity index is 2.13. The quantitative estimate of drug-likeness (QED) is 0.786. The molecule has 0 fully saturated rings. The highest BCUT2D eigenvalue weighted by Crippen LogP contribution is 2.27. The van der Waals surface area contributed by atoms with E-state index in [1.165, 1.54) is 0 Å². The van der Waals surface area contributed by atoms with Crippen LogP contribution in [0.1, 0.15) is 28.4 Å².